The minimum Gasteiger partial charge on any atom is -0.385 e. The van der Waals surface area contributed by atoms with Gasteiger partial charge in [-0.15, -0.1) is 0 Å². The average Bonchev–Trinajstić information content (AvgIpc) is 2.48. The molecule has 0 bridgehead atoms. The lowest BCUT2D eigenvalue weighted by Crippen LogP contribution is -2.11. The fourth-order valence-corrected chi connectivity index (χ4v) is 1.87. The first kappa shape index (κ1) is 14.4. The van der Waals surface area contributed by atoms with Crippen LogP contribution in [0.4, 0.5) is 11.4 Å². The van der Waals surface area contributed by atoms with Crippen molar-refractivity contribution in [3.63, 3.8) is 0 Å². The van der Waals surface area contributed by atoms with Crippen LogP contribution < -0.4 is 10.6 Å². The third-order valence-corrected chi connectivity index (χ3v) is 3.08. The third kappa shape index (κ3) is 4.00. The van der Waals surface area contributed by atoms with Crippen molar-refractivity contribution >= 4 is 28.9 Å². The molecule has 0 unspecified atom stereocenters. The number of halogens is 1. The molecule has 2 rings (SSSR count). The predicted octanol–water partition coefficient (Wildman–Crippen LogP) is 4.41. The van der Waals surface area contributed by atoms with Crippen LogP contribution in [0.5, 0.6) is 0 Å². The number of anilines is 2. The molecule has 0 heterocycles. The maximum atomic E-state index is 12.1. The molecule has 2 N–H and O–H groups in total. The van der Waals surface area contributed by atoms with E-state index in [9.17, 15) is 4.79 Å². The number of rotatable bonds is 5. The van der Waals surface area contributed by atoms with Gasteiger partial charge in [0.25, 0.3) is 5.91 Å². The Balaban J connectivity index is 2.00. The zero-order valence-corrected chi connectivity index (χ0v) is 12.1. The summed E-state index contributed by atoms with van der Waals surface area (Å²) >= 11 is 5.80. The summed E-state index contributed by atoms with van der Waals surface area (Å²) < 4.78 is 0. The van der Waals surface area contributed by atoms with Gasteiger partial charge < -0.3 is 10.6 Å². The number of hydrogen-bond donors (Lipinski definition) is 2. The summed E-state index contributed by atoms with van der Waals surface area (Å²) in [5.74, 6) is -0.130. The molecule has 0 aromatic heterocycles. The lowest BCUT2D eigenvalue weighted by atomic mass is 10.2. The summed E-state index contributed by atoms with van der Waals surface area (Å²) in [6, 6.07) is 14.5. The molecule has 0 aliphatic heterocycles. The van der Waals surface area contributed by atoms with Crippen molar-refractivity contribution in [2.45, 2.75) is 13.3 Å². The van der Waals surface area contributed by atoms with E-state index in [1.165, 1.54) is 0 Å². The average molecular weight is 289 g/mol. The molecular formula is C16H17ClN2O. The van der Waals surface area contributed by atoms with E-state index in [-0.39, 0.29) is 5.91 Å². The molecule has 2 aromatic rings. The lowest BCUT2D eigenvalue weighted by Gasteiger charge is -2.07. The Morgan fingerprint density at radius 3 is 2.20 bits per heavy atom. The van der Waals surface area contributed by atoms with Crippen molar-refractivity contribution in [1.29, 1.82) is 0 Å². The zero-order valence-electron chi connectivity index (χ0n) is 11.3. The van der Waals surface area contributed by atoms with Crippen LogP contribution in [0.3, 0.4) is 0 Å². The Hall–Kier alpha value is -2.00. The van der Waals surface area contributed by atoms with Crippen LogP contribution in [0.1, 0.15) is 23.7 Å². The molecule has 0 aliphatic rings. The monoisotopic (exact) mass is 288 g/mol. The Labute approximate surface area is 124 Å². The van der Waals surface area contributed by atoms with Crippen molar-refractivity contribution in [2.24, 2.45) is 0 Å². The molecule has 20 heavy (non-hydrogen) atoms. The number of benzene rings is 2. The van der Waals surface area contributed by atoms with Crippen LogP contribution in [0, 0.1) is 0 Å². The van der Waals surface area contributed by atoms with Gasteiger partial charge in [-0.25, -0.2) is 0 Å². The first-order valence-electron chi connectivity index (χ1n) is 6.60. The molecule has 0 atom stereocenters. The highest BCUT2D eigenvalue weighted by Gasteiger charge is 2.05. The largest absolute Gasteiger partial charge is 0.385 e. The molecule has 0 saturated heterocycles. The fraction of sp³-hybridized carbons (Fsp3) is 0.188. The summed E-state index contributed by atoms with van der Waals surface area (Å²) in [6.45, 7) is 3.04. The first-order chi connectivity index (χ1) is 9.69. The van der Waals surface area contributed by atoms with Crippen LogP contribution in [0.25, 0.3) is 0 Å². The second kappa shape index (κ2) is 6.96. The van der Waals surface area contributed by atoms with Crippen molar-refractivity contribution in [3.8, 4) is 0 Å². The van der Waals surface area contributed by atoms with Gasteiger partial charge in [0.15, 0.2) is 0 Å². The second-order valence-electron chi connectivity index (χ2n) is 4.47. The predicted molar refractivity (Wildman–Crippen MR) is 84.6 cm³/mol. The van der Waals surface area contributed by atoms with Crippen LogP contribution in [-0.4, -0.2) is 12.5 Å². The summed E-state index contributed by atoms with van der Waals surface area (Å²) in [7, 11) is 0. The van der Waals surface area contributed by atoms with E-state index in [4.69, 9.17) is 11.6 Å². The van der Waals surface area contributed by atoms with Gasteiger partial charge in [0.1, 0.15) is 0 Å². The van der Waals surface area contributed by atoms with Crippen molar-refractivity contribution in [1.82, 2.24) is 0 Å². The van der Waals surface area contributed by atoms with Gasteiger partial charge in [-0.2, -0.15) is 0 Å². The fourth-order valence-electron chi connectivity index (χ4n) is 1.75. The van der Waals surface area contributed by atoms with E-state index < -0.39 is 0 Å². The van der Waals surface area contributed by atoms with E-state index in [1.54, 1.807) is 24.3 Å². The van der Waals surface area contributed by atoms with Crippen LogP contribution in [0.15, 0.2) is 48.5 Å². The summed E-state index contributed by atoms with van der Waals surface area (Å²) in [5, 5.41) is 6.75. The molecule has 0 spiro atoms. The minimum atomic E-state index is -0.130. The third-order valence-electron chi connectivity index (χ3n) is 2.83. The molecule has 2 aromatic carbocycles. The standard InChI is InChI=1S/C16H17ClN2O/c1-2-11-18-14-7-3-12(4-8-14)16(20)19-15-9-5-13(17)6-10-15/h3-10,18H,2,11H2,1H3,(H,19,20). The normalized spacial score (nSPS) is 10.1. The molecule has 4 heteroatoms. The highest BCUT2D eigenvalue weighted by atomic mass is 35.5. The summed E-state index contributed by atoms with van der Waals surface area (Å²) in [4.78, 5) is 12.1. The molecule has 1 amide bonds. The van der Waals surface area contributed by atoms with Gasteiger partial charge in [-0.05, 0) is 55.0 Å². The van der Waals surface area contributed by atoms with Gasteiger partial charge in [0.2, 0.25) is 0 Å². The minimum absolute atomic E-state index is 0.130. The van der Waals surface area contributed by atoms with Gasteiger partial charge in [0.05, 0.1) is 0 Å². The second-order valence-corrected chi connectivity index (χ2v) is 4.90. The molecular weight excluding hydrogens is 272 g/mol. The molecule has 0 aliphatic carbocycles. The van der Waals surface area contributed by atoms with Crippen molar-refractivity contribution < 1.29 is 4.79 Å². The quantitative estimate of drug-likeness (QED) is 0.855. The van der Waals surface area contributed by atoms with Crippen molar-refractivity contribution in [2.75, 3.05) is 17.2 Å². The SMILES string of the molecule is CCCNc1ccc(C(=O)Nc2ccc(Cl)cc2)cc1. The topological polar surface area (TPSA) is 41.1 Å². The smallest absolute Gasteiger partial charge is 0.255 e. The van der Waals surface area contributed by atoms with Crippen LogP contribution in [-0.2, 0) is 0 Å². The van der Waals surface area contributed by atoms with E-state index in [2.05, 4.69) is 17.6 Å². The maximum Gasteiger partial charge on any atom is 0.255 e. The Kier molecular flexibility index (Phi) is 5.02. The highest BCUT2D eigenvalue weighted by Crippen LogP contribution is 2.15. The molecule has 104 valence electrons. The van der Waals surface area contributed by atoms with Crippen LogP contribution in [0.2, 0.25) is 5.02 Å². The molecule has 3 nitrogen and oxygen atoms in total. The zero-order chi connectivity index (χ0) is 14.4. The van der Waals surface area contributed by atoms with Crippen molar-refractivity contribution in [3.05, 3.63) is 59.1 Å². The lowest BCUT2D eigenvalue weighted by molar-refractivity contribution is 0.102. The van der Waals surface area contributed by atoms with E-state index >= 15 is 0 Å². The Morgan fingerprint density at radius 2 is 1.60 bits per heavy atom. The van der Waals surface area contributed by atoms with E-state index in [0.29, 0.717) is 10.6 Å². The maximum absolute atomic E-state index is 12.1. The number of amides is 1. The van der Waals surface area contributed by atoms with Gasteiger partial charge >= 0.3 is 0 Å². The molecule has 0 radical (unpaired) electrons. The van der Waals surface area contributed by atoms with Gasteiger partial charge in [-0.3, -0.25) is 4.79 Å². The van der Waals surface area contributed by atoms with E-state index in [0.717, 1.165) is 24.3 Å². The number of nitrogens with one attached hydrogen (secondary N) is 2. The molecule has 0 saturated carbocycles. The van der Waals surface area contributed by atoms with Crippen LogP contribution >= 0.6 is 11.6 Å². The summed E-state index contributed by atoms with van der Waals surface area (Å²) in [5.41, 5.74) is 2.38. The highest BCUT2D eigenvalue weighted by molar-refractivity contribution is 6.30. The van der Waals surface area contributed by atoms with Gasteiger partial charge in [-0.1, -0.05) is 18.5 Å². The van der Waals surface area contributed by atoms with E-state index in [1.807, 2.05) is 24.3 Å². The first-order valence-corrected chi connectivity index (χ1v) is 6.97. The number of hydrogen-bond acceptors (Lipinski definition) is 2. The number of carbonyl (C=O) groups excluding carboxylic acids is 1. The Bertz CT molecular complexity index is 564. The Morgan fingerprint density at radius 1 is 1.00 bits per heavy atom. The molecule has 0 fully saturated rings. The van der Waals surface area contributed by atoms with Gasteiger partial charge in [0, 0.05) is 28.5 Å². The summed E-state index contributed by atoms with van der Waals surface area (Å²) in [6.07, 6.45) is 1.07. The number of carbonyl (C=O) groups is 1.